The van der Waals surface area contributed by atoms with Gasteiger partial charge in [-0.15, -0.1) is 0 Å². The van der Waals surface area contributed by atoms with Crippen LogP contribution in [0.4, 0.5) is 0 Å². The minimum atomic E-state index is -3.30. The average molecular weight is 254 g/mol. The molecule has 0 radical (unpaired) electrons. The van der Waals surface area contributed by atoms with E-state index in [1.54, 1.807) is 31.2 Å². The minimum Gasteiger partial charge on any atom is -0.481 e. The summed E-state index contributed by atoms with van der Waals surface area (Å²) in [4.78, 5) is 11.1. The molecule has 1 aromatic rings. The Labute approximate surface area is 100 Å². The van der Waals surface area contributed by atoms with Gasteiger partial charge in [0, 0.05) is 11.7 Å². The van der Waals surface area contributed by atoms with Crippen molar-refractivity contribution in [3.8, 4) is 0 Å². The van der Waals surface area contributed by atoms with Crippen LogP contribution in [0, 0.1) is 5.92 Å². The molecule has 0 heterocycles. The summed E-state index contributed by atoms with van der Waals surface area (Å²) in [7, 11) is -3.30. The fourth-order valence-corrected chi connectivity index (χ4v) is 4.09. The highest BCUT2D eigenvalue weighted by Gasteiger charge is 2.62. The maximum atomic E-state index is 11.8. The van der Waals surface area contributed by atoms with E-state index in [4.69, 9.17) is 5.11 Å². The first-order valence-electron chi connectivity index (χ1n) is 5.48. The van der Waals surface area contributed by atoms with Crippen LogP contribution >= 0.6 is 0 Å². The standard InChI is InChI=1S/C12H14O4S/c1-2-17(15,16)11-9(10(11)12(13)14)8-6-4-3-5-7-8/h3-7,9-11H,2H2,1H3,(H,13,14)/t9-,10+,11+/m1/s1. The maximum Gasteiger partial charge on any atom is 0.308 e. The van der Waals surface area contributed by atoms with Gasteiger partial charge in [0.2, 0.25) is 0 Å². The molecule has 3 atom stereocenters. The lowest BCUT2D eigenvalue weighted by atomic mass is 10.1. The zero-order chi connectivity index (χ0) is 12.6. The Morgan fingerprint density at radius 3 is 2.35 bits per heavy atom. The van der Waals surface area contributed by atoms with Crippen LogP contribution in [-0.2, 0) is 14.6 Å². The van der Waals surface area contributed by atoms with Crippen molar-refractivity contribution < 1.29 is 18.3 Å². The van der Waals surface area contributed by atoms with Crippen LogP contribution in [0.2, 0.25) is 0 Å². The molecule has 0 amide bonds. The summed E-state index contributed by atoms with van der Waals surface area (Å²) >= 11 is 0. The molecule has 1 aromatic carbocycles. The van der Waals surface area contributed by atoms with E-state index < -0.39 is 32.9 Å². The molecule has 0 aliphatic heterocycles. The lowest BCUT2D eigenvalue weighted by Gasteiger charge is -1.99. The number of sulfone groups is 1. The van der Waals surface area contributed by atoms with Crippen LogP contribution < -0.4 is 0 Å². The highest BCUT2D eigenvalue weighted by molar-refractivity contribution is 7.92. The molecular formula is C12H14O4S. The second-order valence-corrected chi connectivity index (χ2v) is 6.66. The molecule has 0 bridgehead atoms. The van der Waals surface area contributed by atoms with Crippen LogP contribution in [0.5, 0.6) is 0 Å². The Morgan fingerprint density at radius 2 is 1.88 bits per heavy atom. The van der Waals surface area contributed by atoms with E-state index in [1.807, 2.05) is 6.07 Å². The molecule has 0 aromatic heterocycles. The first kappa shape index (κ1) is 12.1. The molecule has 17 heavy (non-hydrogen) atoms. The highest BCUT2D eigenvalue weighted by Crippen LogP contribution is 2.52. The third-order valence-corrected chi connectivity index (χ3v) is 5.46. The zero-order valence-electron chi connectivity index (χ0n) is 9.41. The van der Waals surface area contributed by atoms with Gasteiger partial charge in [-0.1, -0.05) is 37.3 Å². The van der Waals surface area contributed by atoms with Gasteiger partial charge in [-0.2, -0.15) is 0 Å². The molecular weight excluding hydrogens is 240 g/mol. The van der Waals surface area contributed by atoms with E-state index in [1.165, 1.54) is 0 Å². The molecule has 1 saturated carbocycles. The van der Waals surface area contributed by atoms with E-state index in [-0.39, 0.29) is 5.75 Å². The van der Waals surface area contributed by atoms with E-state index in [0.29, 0.717) is 0 Å². The van der Waals surface area contributed by atoms with E-state index >= 15 is 0 Å². The monoisotopic (exact) mass is 254 g/mol. The normalized spacial score (nSPS) is 27.7. The van der Waals surface area contributed by atoms with Crippen LogP contribution in [0.15, 0.2) is 30.3 Å². The number of carboxylic acids is 1. The number of benzene rings is 1. The van der Waals surface area contributed by atoms with E-state index in [2.05, 4.69) is 0 Å². The van der Waals surface area contributed by atoms with Gasteiger partial charge in [-0.3, -0.25) is 4.79 Å². The van der Waals surface area contributed by atoms with Gasteiger partial charge >= 0.3 is 5.97 Å². The largest absolute Gasteiger partial charge is 0.481 e. The molecule has 1 aliphatic carbocycles. The number of carboxylic acid groups (broad SMARTS) is 1. The van der Waals surface area contributed by atoms with Gasteiger partial charge in [0.1, 0.15) is 0 Å². The van der Waals surface area contributed by atoms with Crippen LogP contribution in [0.1, 0.15) is 18.4 Å². The number of aliphatic carboxylic acids is 1. The molecule has 1 fully saturated rings. The van der Waals surface area contributed by atoms with Crippen molar-refractivity contribution in [2.45, 2.75) is 18.1 Å². The van der Waals surface area contributed by atoms with Crippen LogP contribution in [0.25, 0.3) is 0 Å². The Kier molecular flexibility index (Phi) is 2.95. The predicted octanol–water partition coefficient (Wildman–Crippen LogP) is 1.29. The average Bonchev–Trinajstić information content (AvgIpc) is 3.06. The molecule has 92 valence electrons. The van der Waals surface area contributed by atoms with Crippen molar-refractivity contribution in [2.75, 3.05) is 5.75 Å². The zero-order valence-corrected chi connectivity index (χ0v) is 10.2. The molecule has 5 heteroatoms. The summed E-state index contributed by atoms with van der Waals surface area (Å²) in [6.45, 7) is 1.55. The Morgan fingerprint density at radius 1 is 1.29 bits per heavy atom. The third kappa shape index (κ3) is 2.07. The number of rotatable bonds is 4. The van der Waals surface area contributed by atoms with Crippen molar-refractivity contribution in [2.24, 2.45) is 5.92 Å². The smallest absolute Gasteiger partial charge is 0.308 e. The van der Waals surface area contributed by atoms with Gasteiger partial charge in [-0.05, 0) is 5.56 Å². The summed E-state index contributed by atoms with van der Waals surface area (Å²) in [5.74, 6) is -2.22. The van der Waals surface area contributed by atoms with Crippen molar-refractivity contribution >= 4 is 15.8 Å². The highest BCUT2D eigenvalue weighted by atomic mass is 32.2. The summed E-state index contributed by atoms with van der Waals surface area (Å²) in [5, 5.41) is 8.29. The lowest BCUT2D eigenvalue weighted by molar-refractivity contribution is -0.138. The van der Waals surface area contributed by atoms with Gasteiger partial charge in [0.15, 0.2) is 9.84 Å². The topological polar surface area (TPSA) is 71.4 Å². The van der Waals surface area contributed by atoms with E-state index in [0.717, 1.165) is 5.56 Å². The molecule has 4 nitrogen and oxygen atoms in total. The third-order valence-electron chi connectivity index (χ3n) is 3.24. The summed E-state index contributed by atoms with van der Waals surface area (Å²) in [5.41, 5.74) is 0.793. The maximum absolute atomic E-state index is 11.8. The van der Waals surface area contributed by atoms with Crippen molar-refractivity contribution in [3.05, 3.63) is 35.9 Å². The van der Waals surface area contributed by atoms with Crippen LogP contribution in [0.3, 0.4) is 0 Å². The number of carbonyl (C=O) groups is 1. The summed E-state index contributed by atoms with van der Waals surface area (Å²) in [6, 6.07) is 8.98. The van der Waals surface area contributed by atoms with Gasteiger partial charge in [0.05, 0.1) is 11.2 Å². The van der Waals surface area contributed by atoms with Crippen LogP contribution in [-0.4, -0.2) is 30.5 Å². The minimum absolute atomic E-state index is 0.00915. The van der Waals surface area contributed by atoms with E-state index in [9.17, 15) is 13.2 Å². The molecule has 1 N–H and O–H groups in total. The quantitative estimate of drug-likeness (QED) is 0.878. The molecule has 0 unspecified atom stereocenters. The number of hydrogen-bond donors (Lipinski definition) is 1. The van der Waals surface area contributed by atoms with Crippen molar-refractivity contribution in [1.82, 2.24) is 0 Å². The fraction of sp³-hybridized carbons (Fsp3) is 0.417. The Hall–Kier alpha value is -1.36. The Bertz CT molecular complexity index is 521. The molecule has 2 rings (SSSR count). The first-order valence-corrected chi connectivity index (χ1v) is 7.20. The predicted molar refractivity (Wildman–Crippen MR) is 63.6 cm³/mol. The van der Waals surface area contributed by atoms with Gasteiger partial charge < -0.3 is 5.11 Å². The first-order chi connectivity index (χ1) is 7.99. The summed E-state index contributed by atoms with van der Waals surface area (Å²) < 4.78 is 23.6. The van der Waals surface area contributed by atoms with Crippen molar-refractivity contribution in [1.29, 1.82) is 0 Å². The number of hydrogen-bond acceptors (Lipinski definition) is 3. The SMILES string of the molecule is CCS(=O)(=O)[C@@H]1[C@@H](C(=O)O)[C@H]1c1ccccc1. The fourth-order valence-electron chi connectivity index (χ4n) is 2.29. The van der Waals surface area contributed by atoms with Crippen molar-refractivity contribution in [3.63, 3.8) is 0 Å². The Balaban J connectivity index is 2.34. The molecule has 0 saturated heterocycles. The second-order valence-electron chi connectivity index (χ2n) is 4.22. The van der Waals surface area contributed by atoms with Gasteiger partial charge in [0.25, 0.3) is 0 Å². The second kappa shape index (κ2) is 4.14. The molecule has 1 aliphatic rings. The molecule has 0 spiro atoms. The lowest BCUT2D eigenvalue weighted by Crippen LogP contribution is -2.14. The van der Waals surface area contributed by atoms with Gasteiger partial charge in [-0.25, -0.2) is 8.42 Å². The summed E-state index contributed by atoms with van der Waals surface area (Å²) in [6.07, 6.45) is 0.